The summed E-state index contributed by atoms with van der Waals surface area (Å²) >= 11 is 0. The Balaban J connectivity index is 2.16. The normalized spacial score (nSPS) is 12.0. The molecule has 0 aliphatic carbocycles. The van der Waals surface area contributed by atoms with Gasteiger partial charge in [0.05, 0.1) is 31.2 Å². The molecule has 8 nitrogen and oxygen atoms in total. The summed E-state index contributed by atoms with van der Waals surface area (Å²) in [7, 11) is -1.19. The molecule has 0 radical (unpaired) electrons. The second-order valence-electron chi connectivity index (χ2n) is 6.66. The molecule has 0 unspecified atom stereocenters. The number of methoxy groups -OCH3 is 2. The fourth-order valence-corrected chi connectivity index (χ4v) is 3.88. The van der Waals surface area contributed by atoms with Crippen molar-refractivity contribution in [3.63, 3.8) is 0 Å². The Morgan fingerprint density at radius 2 is 1.67 bits per heavy atom. The Kier molecular flexibility index (Phi) is 6.81. The third-order valence-electron chi connectivity index (χ3n) is 4.53. The number of sulfone groups is 1. The second-order valence-corrected chi connectivity index (χ2v) is 8.90. The number of ether oxygens (including phenoxy) is 3. The molecule has 1 N–H and O–H groups in total. The van der Waals surface area contributed by atoms with Crippen LogP contribution in [0.4, 0.5) is 29.1 Å². The first kappa shape index (κ1) is 24.3. The standard InChI is InChI=1S/C20H19F4N3O5S/c1-4-33(28,29)18-8-14(15(6-12(18)21)32-9-20(22,23)24)27-19-11-5-16(30-2)17(31-3)7-13(11)25-10-26-19/h5-8,10H,4,9H2,1-3H3,(H,25,26,27). The van der Waals surface area contributed by atoms with E-state index in [1.165, 1.54) is 33.5 Å². The van der Waals surface area contributed by atoms with Crippen molar-refractivity contribution in [1.29, 1.82) is 0 Å². The van der Waals surface area contributed by atoms with E-state index in [0.717, 1.165) is 6.07 Å². The van der Waals surface area contributed by atoms with Gasteiger partial charge in [-0.15, -0.1) is 0 Å². The van der Waals surface area contributed by atoms with Gasteiger partial charge in [0.1, 0.15) is 28.6 Å². The van der Waals surface area contributed by atoms with E-state index in [-0.39, 0.29) is 11.5 Å². The van der Waals surface area contributed by atoms with Crippen LogP contribution in [-0.4, -0.2) is 51.1 Å². The Labute approximate surface area is 186 Å². The average Bonchev–Trinajstić information content (AvgIpc) is 2.77. The van der Waals surface area contributed by atoms with Crippen molar-refractivity contribution in [2.24, 2.45) is 0 Å². The number of hydrogen-bond donors (Lipinski definition) is 1. The van der Waals surface area contributed by atoms with Crippen molar-refractivity contribution >= 4 is 32.2 Å². The lowest BCUT2D eigenvalue weighted by molar-refractivity contribution is -0.153. The number of hydrogen-bond acceptors (Lipinski definition) is 8. The number of benzene rings is 2. The van der Waals surface area contributed by atoms with E-state index in [1.54, 1.807) is 6.07 Å². The molecule has 33 heavy (non-hydrogen) atoms. The zero-order valence-electron chi connectivity index (χ0n) is 17.7. The molecule has 1 aromatic heterocycles. The smallest absolute Gasteiger partial charge is 0.422 e. The van der Waals surface area contributed by atoms with Gasteiger partial charge in [-0.1, -0.05) is 6.92 Å². The number of alkyl halides is 3. The first-order chi connectivity index (χ1) is 15.5. The zero-order valence-corrected chi connectivity index (χ0v) is 18.5. The lowest BCUT2D eigenvalue weighted by atomic mass is 10.2. The minimum Gasteiger partial charge on any atom is -0.493 e. The molecule has 3 rings (SSSR count). The van der Waals surface area contributed by atoms with E-state index in [4.69, 9.17) is 14.2 Å². The highest BCUT2D eigenvalue weighted by Crippen LogP contribution is 2.37. The lowest BCUT2D eigenvalue weighted by Crippen LogP contribution is -2.20. The van der Waals surface area contributed by atoms with E-state index in [1.807, 2.05) is 0 Å². The van der Waals surface area contributed by atoms with Gasteiger partial charge in [0.15, 0.2) is 27.9 Å². The van der Waals surface area contributed by atoms with Gasteiger partial charge >= 0.3 is 6.18 Å². The van der Waals surface area contributed by atoms with E-state index in [2.05, 4.69) is 15.3 Å². The molecule has 0 spiro atoms. The number of halogens is 4. The summed E-state index contributed by atoms with van der Waals surface area (Å²) in [5.41, 5.74) is 0.161. The largest absolute Gasteiger partial charge is 0.493 e. The minimum absolute atomic E-state index is 0.0873. The Morgan fingerprint density at radius 3 is 2.27 bits per heavy atom. The molecule has 0 fully saturated rings. The summed E-state index contributed by atoms with van der Waals surface area (Å²) in [5, 5.41) is 3.11. The van der Waals surface area contributed by atoms with Crippen LogP contribution in [0.25, 0.3) is 10.9 Å². The van der Waals surface area contributed by atoms with Crippen molar-refractivity contribution in [2.75, 3.05) is 31.9 Å². The van der Waals surface area contributed by atoms with Gasteiger partial charge in [0, 0.05) is 17.5 Å². The van der Waals surface area contributed by atoms with Crippen LogP contribution in [0.1, 0.15) is 6.92 Å². The maximum absolute atomic E-state index is 14.5. The van der Waals surface area contributed by atoms with Crippen LogP contribution in [-0.2, 0) is 9.84 Å². The first-order valence-corrected chi connectivity index (χ1v) is 11.0. The molecule has 0 bridgehead atoms. The molecule has 0 amide bonds. The Hall–Kier alpha value is -3.35. The van der Waals surface area contributed by atoms with E-state index >= 15 is 0 Å². The lowest BCUT2D eigenvalue weighted by Gasteiger charge is -2.17. The average molecular weight is 489 g/mol. The fourth-order valence-electron chi connectivity index (χ4n) is 2.92. The van der Waals surface area contributed by atoms with Gasteiger partial charge in [-0.05, 0) is 12.1 Å². The van der Waals surface area contributed by atoms with Gasteiger partial charge < -0.3 is 19.5 Å². The fraction of sp³-hybridized carbons (Fsp3) is 0.300. The number of nitrogens with one attached hydrogen (secondary N) is 1. The van der Waals surface area contributed by atoms with Gasteiger partial charge in [0.2, 0.25) is 0 Å². The highest BCUT2D eigenvalue weighted by molar-refractivity contribution is 7.91. The summed E-state index contributed by atoms with van der Waals surface area (Å²) in [6.07, 6.45) is -3.52. The molecule has 2 aromatic carbocycles. The molecule has 178 valence electrons. The predicted octanol–water partition coefficient (Wildman–Crippen LogP) is 4.26. The molecule has 0 saturated heterocycles. The third-order valence-corrected chi connectivity index (χ3v) is 6.28. The van der Waals surface area contributed by atoms with Crippen LogP contribution in [0.5, 0.6) is 17.2 Å². The zero-order chi connectivity index (χ0) is 24.4. The van der Waals surface area contributed by atoms with Crippen molar-refractivity contribution < 1.29 is 40.2 Å². The molecular weight excluding hydrogens is 470 g/mol. The first-order valence-electron chi connectivity index (χ1n) is 9.38. The van der Waals surface area contributed by atoms with Crippen LogP contribution in [0.3, 0.4) is 0 Å². The number of aromatic nitrogens is 2. The van der Waals surface area contributed by atoms with Crippen LogP contribution in [0.15, 0.2) is 35.5 Å². The number of anilines is 2. The van der Waals surface area contributed by atoms with Crippen LogP contribution < -0.4 is 19.5 Å². The summed E-state index contributed by atoms with van der Waals surface area (Å²) < 4.78 is 92.4. The number of rotatable bonds is 8. The number of nitrogens with zero attached hydrogens (tertiary/aromatic N) is 2. The summed E-state index contributed by atoms with van der Waals surface area (Å²) in [4.78, 5) is 7.51. The van der Waals surface area contributed by atoms with E-state index in [9.17, 15) is 26.0 Å². The van der Waals surface area contributed by atoms with Crippen molar-refractivity contribution in [3.8, 4) is 17.2 Å². The topological polar surface area (TPSA) is 99.6 Å². The number of fused-ring (bicyclic) bond motifs is 1. The summed E-state index contributed by atoms with van der Waals surface area (Å²) in [6.45, 7) is -0.399. The molecule has 0 atom stereocenters. The highest BCUT2D eigenvalue weighted by Gasteiger charge is 2.30. The molecule has 0 aliphatic heterocycles. The summed E-state index contributed by atoms with van der Waals surface area (Å²) in [5.74, 6) is -1.42. The van der Waals surface area contributed by atoms with Gasteiger partial charge in [-0.25, -0.2) is 22.8 Å². The maximum Gasteiger partial charge on any atom is 0.422 e. The Bertz CT molecular complexity index is 1280. The maximum atomic E-state index is 14.5. The van der Waals surface area contributed by atoms with Crippen molar-refractivity contribution in [1.82, 2.24) is 9.97 Å². The summed E-state index contributed by atoms with van der Waals surface area (Å²) in [6, 6.07) is 4.54. The molecular formula is C20H19F4N3O5S. The van der Waals surface area contributed by atoms with E-state index < -0.39 is 44.8 Å². The van der Waals surface area contributed by atoms with Gasteiger partial charge in [-0.2, -0.15) is 13.2 Å². The molecule has 0 saturated carbocycles. The molecule has 3 aromatic rings. The second kappa shape index (κ2) is 9.25. The van der Waals surface area contributed by atoms with Crippen molar-refractivity contribution in [2.45, 2.75) is 18.0 Å². The van der Waals surface area contributed by atoms with Crippen LogP contribution in [0.2, 0.25) is 0 Å². The quantitative estimate of drug-likeness (QED) is 0.469. The van der Waals surface area contributed by atoms with Gasteiger partial charge in [0.25, 0.3) is 0 Å². The third kappa shape index (κ3) is 5.35. The van der Waals surface area contributed by atoms with Crippen LogP contribution in [0, 0.1) is 5.82 Å². The SMILES string of the molecule is CCS(=O)(=O)c1cc(Nc2ncnc3cc(OC)c(OC)cc23)c(OCC(F)(F)F)cc1F. The molecule has 1 heterocycles. The monoisotopic (exact) mass is 489 g/mol. The predicted molar refractivity (Wildman–Crippen MR) is 112 cm³/mol. The van der Waals surface area contributed by atoms with Crippen molar-refractivity contribution in [3.05, 3.63) is 36.4 Å². The minimum atomic E-state index is -4.70. The molecule has 13 heteroatoms. The Morgan fingerprint density at radius 1 is 1.00 bits per heavy atom. The van der Waals surface area contributed by atoms with Gasteiger partial charge in [-0.3, -0.25) is 0 Å². The molecule has 0 aliphatic rings. The highest BCUT2D eigenvalue weighted by atomic mass is 32.2. The van der Waals surface area contributed by atoms with Crippen LogP contribution >= 0.6 is 0 Å². The van der Waals surface area contributed by atoms with E-state index in [0.29, 0.717) is 28.5 Å².